The van der Waals surface area contributed by atoms with Crippen LogP contribution in [0.3, 0.4) is 0 Å². The fourth-order valence-electron chi connectivity index (χ4n) is 5.22. The first-order chi connectivity index (χ1) is 14.9. The topological polar surface area (TPSA) is 98.7 Å². The zero-order valence-corrected chi connectivity index (χ0v) is 19.3. The summed E-state index contributed by atoms with van der Waals surface area (Å²) in [5, 5.41) is 15.5. The molecule has 3 amide bonds. The van der Waals surface area contributed by atoms with Gasteiger partial charge < -0.3 is 10.6 Å². The number of hydrogen-bond acceptors (Lipinski definition) is 4. The molecule has 0 aromatic heterocycles. The van der Waals surface area contributed by atoms with Crippen molar-refractivity contribution in [1.29, 1.82) is 0 Å². The molecule has 0 saturated heterocycles. The van der Waals surface area contributed by atoms with Crippen LogP contribution >= 0.6 is 0 Å². The number of fused-ring (bicyclic) bond motifs is 2. The molecule has 4 atom stereocenters. The summed E-state index contributed by atoms with van der Waals surface area (Å²) in [4.78, 5) is 35.3. The average Bonchev–Trinajstić information content (AvgIpc) is 3.35. The Morgan fingerprint density at radius 2 is 1.71 bits per heavy atom. The molecule has 176 valence electrons. The zero-order valence-electron chi connectivity index (χ0n) is 19.3. The Morgan fingerprint density at radius 1 is 0.968 bits per heavy atom. The van der Waals surface area contributed by atoms with Crippen molar-refractivity contribution in [2.45, 2.75) is 77.6 Å². The van der Waals surface area contributed by atoms with Gasteiger partial charge in [0.1, 0.15) is 0 Å². The fourth-order valence-corrected chi connectivity index (χ4v) is 5.22. The van der Waals surface area contributed by atoms with Crippen LogP contribution in [0.4, 0.5) is 0 Å². The van der Waals surface area contributed by atoms with Crippen molar-refractivity contribution in [1.82, 2.24) is 15.7 Å². The number of allylic oxidation sites excluding steroid dienone is 2. The maximum absolute atomic E-state index is 12.2. The number of amides is 3. The highest BCUT2D eigenvalue weighted by atomic mass is 16.5. The van der Waals surface area contributed by atoms with Crippen LogP contribution in [0, 0.1) is 23.7 Å². The third-order valence-electron chi connectivity index (χ3n) is 6.96. The minimum absolute atomic E-state index is 0.0427. The predicted molar refractivity (Wildman–Crippen MR) is 120 cm³/mol. The number of nitrogens with one attached hydrogen (secondary N) is 2. The van der Waals surface area contributed by atoms with Gasteiger partial charge in [0.25, 0.3) is 0 Å². The highest BCUT2D eigenvalue weighted by Gasteiger charge is 2.46. The van der Waals surface area contributed by atoms with Crippen LogP contribution in [-0.4, -0.2) is 48.1 Å². The number of rotatable bonds is 14. The molecule has 2 aliphatic carbocycles. The normalized spacial score (nSPS) is 24.5. The smallest absolute Gasteiger partial charge is 0.245 e. The quantitative estimate of drug-likeness (QED) is 0.168. The van der Waals surface area contributed by atoms with Crippen LogP contribution in [0.15, 0.2) is 12.2 Å². The van der Waals surface area contributed by atoms with E-state index in [9.17, 15) is 14.4 Å². The van der Waals surface area contributed by atoms with Gasteiger partial charge in [0.2, 0.25) is 17.7 Å². The standard InChI is InChI=1S/C24H41N3O4/c1-3-4-7-11-22(28)26-17-23(29)25-16-21-19-14-13-18(15-19)20(21)10-8-5-6-9-12-24(30)27(2)31/h5,8,18-21,31H,3-4,6-7,9-17H2,1-2H3,(H,25,29)(H,26,28)/b8-5-/t18-,19+,20-,21+/m1/s1. The maximum atomic E-state index is 12.2. The Bertz CT molecular complexity index is 620. The molecule has 2 bridgehead atoms. The molecule has 7 nitrogen and oxygen atoms in total. The first-order valence-electron chi connectivity index (χ1n) is 12.1. The molecule has 3 N–H and O–H groups in total. The maximum Gasteiger partial charge on any atom is 0.245 e. The van der Waals surface area contributed by atoms with Crippen molar-refractivity contribution in [2.24, 2.45) is 23.7 Å². The van der Waals surface area contributed by atoms with Crippen LogP contribution in [-0.2, 0) is 14.4 Å². The summed E-state index contributed by atoms with van der Waals surface area (Å²) in [5.74, 6) is 2.17. The summed E-state index contributed by atoms with van der Waals surface area (Å²) in [6.07, 6.45) is 14.6. The minimum atomic E-state index is -0.255. The Labute approximate surface area is 187 Å². The molecular weight excluding hydrogens is 394 g/mol. The summed E-state index contributed by atoms with van der Waals surface area (Å²) < 4.78 is 0. The third kappa shape index (κ3) is 8.63. The number of hydrogen-bond donors (Lipinski definition) is 3. The van der Waals surface area contributed by atoms with Gasteiger partial charge in [-0.05, 0) is 68.6 Å². The van der Waals surface area contributed by atoms with Gasteiger partial charge in [-0.25, -0.2) is 5.06 Å². The van der Waals surface area contributed by atoms with Crippen molar-refractivity contribution in [3.63, 3.8) is 0 Å². The van der Waals surface area contributed by atoms with Gasteiger partial charge in [0.15, 0.2) is 0 Å². The molecule has 0 radical (unpaired) electrons. The molecule has 0 aliphatic heterocycles. The van der Waals surface area contributed by atoms with Gasteiger partial charge in [-0.2, -0.15) is 0 Å². The van der Waals surface area contributed by atoms with E-state index in [-0.39, 0.29) is 24.3 Å². The Kier molecular flexibility index (Phi) is 11.1. The van der Waals surface area contributed by atoms with E-state index in [0.717, 1.165) is 44.4 Å². The van der Waals surface area contributed by atoms with Gasteiger partial charge >= 0.3 is 0 Å². The summed E-state index contributed by atoms with van der Waals surface area (Å²) in [6, 6.07) is 0. The number of nitrogens with zero attached hydrogens (tertiary/aromatic N) is 1. The van der Waals surface area contributed by atoms with Crippen molar-refractivity contribution in [3.8, 4) is 0 Å². The SMILES string of the molecule is CCCCCC(=O)NCC(=O)NC[C@H]1[C@H]2CC[C@H](C2)[C@H]1C/C=C\CCCC(=O)N(C)O. The average molecular weight is 436 g/mol. The molecule has 2 aliphatic rings. The van der Waals surface area contributed by atoms with E-state index in [2.05, 4.69) is 29.7 Å². The van der Waals surface area contributed by atoms with Gasteiger partial charge in [-0.15, -0.1) is 0 Å². The highest BCUT2D eigenvalue weighted by molar-refractivity contribution is 5.84. The molecule has 7 heteroatoms. The molecule has 31 heavy (non-hydrogen) atoms. The van der Waals surface area contributed by atoms with Crippen LogP contribution in [0.2, 0.25) is 0 Å². The van der Waals surface area contributed by atoms with Crippen LogP contribution < -0.4 is 10.6 Å². The largest absolute Gasteiger partial charge is 0.354 e. The monoisotopic (exact) mass is 435 g/mol. The van der Waals surface area contributed by atoms with E-state index in [0.29, 0.717) is 42.2 Å². The van der Waals surface area contributed by atoms with Crippen LogP contribution in [0.25, 0.3) is 0 Å². The van der Waals surface area contributed by atoms with Gasteiger partial charge in [-0.3, -0.25) is 19.6 Å². The highest BCUT2D eigenvalue weighted by Crippen LogP contribution is 2.53. The Hall–Kier alpha value is -1.89. The molecule has 0 aromatic rings. The lowest BCUT2D eigenvalue weighted by molar-refractivity contribution is -0.159. The van der Waals surface area contributed by atoms with E-state index in [1.54, 1.807) is 0 Å². The van der Waals surface area contributed by atoms with E-state index in [1.165, 1.54) is 26.3 Å². The van der Waals surface area contributed by atoms with Crippen molar-refractivity contribution < 1.29 is 19.6 Å². The van der Waals surface area contributed by atoms with Crippen LogP contribution in [0.1, 0.15) is 77.6 Å². The lowest BCUT2D eigenvalue weighted by atomic mass is 9.77. The molecule has 2 saturated carbocycles. The van der Waals surface area contributed by atoms with E-state index >= 15 is 0 Å². The number of unbranched alkanes of at least 4 members (excludes halogenated alkanes) is 3. The van der Waals surface area contributed by atoms with Crippen LogP contribution in [0.5, 0.6) is 0 Å². The number of carbonyl (C=O) groups excluding carboxylic acids is 3. The Morgan fingerprint density at radius 3 is 2.42 bits per heavy atom. The van der Waals surface area contributed by atoms with E-state index < -0.39 is 0 Å². The molecular formula is C24H41N3O4. The first-order valence-corrected chi connectivity index (χ1v) is 12.1. The molecule has 2 rings (SSSR count). The second-order valence-corrected chi connectivity index (χ2v) is 9.22. The van der Waals surface area contributed by atoms with Gasteiger partial charge in [0, 0.05) is 26.4 Å². The van der Waals surface area contributed by atoms with E-state index in [4.69, 9.17) is 5.21 Å². The minimum Gasteiger partial charge on any atom is -0.354 e. The molecule has 0 heterocycles. The third-order valence-corrected chi connectivity index (χ3v) is 6.96. The molecule has 2 fully saturated rings. The Balaban J connectivity index is 1.67. The molecule has 0 spiro atoms. The van der Waals surface area contributed by atoms with Gasteiger partial charge in [0.05, 0.1) is 6.54 Å². The molecule has 0 unspecified atom stereocenters. The summed E-state index contributed by atoms with van der Waals surface area (Å²) in [5.41, 5.74) is 0. The van der Waals surface area contributed by atoms with E-state index in [1.807, 2.05) is 0 Å². The lowest BCUT2D eigenvalue weighted by Crippen LogP contribution is -2.41. The summed E-state index contributed by atoms with van der Waals surface area (Å²) >= 11 is 0. The number of carbonyl (C=O) groups is 3. The number of hydroxylamine groups is 2. The zero-order chi connectivity index (χ0) is 22.6. The predicted octanol–water partition coefficient (Wildman–Crippen LogP) is 3.43. The first kappa shape index (κ1) is 25.4. The summed E-state index contributed by atoms with van der Waals surface area (Å²) in [7, 11) is 1.35. The van der Waals surface area contributed by atoms with Crippen molar-refractivity contribution in [3.05, 3.63) is 12.2 Å². The fraction of sp³-hybridized carbons (Fsp3) is 0.792. The lowest BCUT2D eigenvalue weighted by Gasteiger charge is -2.30. The second-order valence-electron chi connectivity index (χ2n) is 9.22. The van der Waals surface area contributed by atoms with Crippen molar-refractivity contribution >= 4 is 17.7 Å². The van der Waals surface area contributed by atoms with Crippen molar-refractivity contribution in [2.75, 3.05) is 20.1 Å². The second kappa shape index (κ2) is 13.5. The van der Waals surface area contributed by atoms with Gasteiger partial charge in [-0.1, -0.05) is 31.9 Å². The summed E-state index contributed by atoms with van der Waals surface area (Å²) in [6.45, 7) is 2.87. The molecule has 0 aromatic carbocycles.